The maximum atomic E-state index is 12.3. The normalized spacial score (nSPS) is 14.6. The Hall–Kier alpha value is -1.54. The first-order valence-electron chi connectivity index (χ1n) is 10.6. The van der Waals surface area contributed by atoms with Crippen LogP contribution in [0.4, 0.5) is 0 Å². The van der Waals surface area contributed by atoms with E-state index in [2.05, 4.69) is 44.5 Å². The predicted octanol–water partition coefficient (Wildman–Crippen LogP) is 3.38. The minimum atomic E-state index is -0.385. The number of aromatic nitrogens is 1. The van der Waals surface area contributed by atoms with E-state index in [9.17, 15) is 9.59 Å². The molecule has 2 aromatic carbocycles. The largest absolute Gasteiger partial charge is 1.00 e. The van der Waals surface area contributed by atoms with E-state index in [1.165, 1.54) is 16.0 Å². The van der Waals surface area contributed by atoms with Gasteiger partial charge in [-0.1, -0.05) is 54.6 Å². The van der Waals surface area contributed by atoms with Gasteiger partial charge < -0.3 is 14.7 Å². The molecule has 6 heteroatoms. The van der Waals surface area contributed by atoms with E-state index in [0.29, 0.717) is 12.2 Å². The number of H-pyrrole nitrogens is 1. The van der Waals surface area contributed by atoms with Gasteiger partial charge in [-0.25, -0.2) is 6.29 Å². The summed E-state index contributed by atoms with van der Waals surface area (Å²) in [7, 11) is 0. The molecule has 4 rings (SSSR count). The van der Waals surface area contributed by atoms with E-state index in [1.54, 1.807) is 16.7 Å². The van der Waals surface area contributed by atoms with Gasteiger partial charge in [0.05, 0.1) is 0 Å². The molecule has 3 aromatic rings. The molecule has 4 nitrogen and oxygen atoms in total. The topological polar surface area (TPSA) is 53.2 Å². The number of amides is 1. The van der Waals surface area contributed by atoms with Crippen molar-refractivity contribution in [1.82, 2.24) is 9.88 Å². The molecular formula is C27H28KN2O2S-. The molecule has 1 fully saturated rings. The Morgan fingerprint density at radius 1 is 1.21 bits per heavy atom. The Morgan fingerprint density at radius 3 is 2.52 bits per heavy atom. The number of carbonyl (C=O) groups is 1. The van der Waals surface area contributed by atoms with E-state index >= 15 is 0 Å². The number of fused-ring (bicyclic) bond motifs is 1. The van der Waals surface area contributed by atoms with Crippen molar-refractivity contribution in [1.29, 1.82) is 0 Å². The molecule has 1 N–H and O–H groups in total. The molecule has 1 aromatic heterocycles. The molecule has 0 spiro atoms. The van der Waals surface area contributed by atoms with Gasteiger partial charge in [0, 0.05) is 22.4 Å². The van der Waals surface area contributed by atoms with E-state index in [1.807, 2.05) is 54.2 Å². The van der Waals surface area contributed by atoms with Gasteiger partial charge >= 0.3 is 51.4 Å². The molecule has 166 valence electrons. The number of nitrogens with zero attached hydrogens (tertiary/aromatic N) is 1. The molecule has 33 heavy (non-hydrogen) atoms. The van der Waals surface area contributed by atoms with Crippen molar-refractivity contribution in [2.45, 2.75) is 32.7 Å². The number of allylic oxidation sites excluding steroid dienone is 1. The van der Waals surface area contributed by atoms with Gasteiger partial charge in [-0.3, -0.25) is 4.79 Å². The summed E-state index contributed by atoms with van der Waals surface area (Å²) in [6, 6.07) is 17.4. The Morgan fingerprint density at radius 2 is 1.91 bits per heavy atom. The van der Waals surface area contributed by atoms with Gasteiger partial charge in [0.25, 0.3) is 5.91 Å². The van der Waals surface area contributed by atoms with Crippen LogP contribution in [0.5, 0.6) is 0 Å². The first kappa shape index (κ1) is 27.7. The van der Waals surface area contributed by atoms with Crippen LogP contribution in [0.1, 0.15) is 48.3 Å². The van der Waals surface area contributed by atoms with Crippen LogP contribution in [0.2, 0.25) is 0 Å². The average molecular weight is 484 g/mol. The maximum absolute atomic E-state index is 12.3. The van der Waals surface area contributed by atoms with Crippen LogP contribution in [0, 0.1) is 6.92 Å². The second-order valence-corrected chi connectivity index (χ2v) is 8.83. The third-order valence-electron chi connectivity index (χ3n) is 5.28. The molecular weight excluding hydrogens is 455 g/mol. The van der Waals surface area contributed by atoms with Gasteiger partial charge in [0.15, 0.2) is 0 Å². The maximum Gasteiger partial charge on any atom is 1.00 e. The second-order valence-electron chi connectivity index (χ2n) is 7.86. The number of thioether (sulfide) groups is 1. The van der Waals surface area contributed by atoms with Gasteiger partial charge in [-0.2, -0.15) is 24.6 Å². The zero-order valence-electron chi connectivity index (χ0n) is 19.6. The Bertz CT molecular complexity index is 1100. The first-order valence-corrected chi connectivity index (χ1v) is 11.5. The number of hydrogen-bond acceptors (Lipinski definition) is 3. The second kappa shape index (κ2) is 13.4. The van der Waals surface area contributed by atoms with E-state index in [0.717, 1.165) is 29.3 Å². The first-order chi connectivity index (χ1) is 15.4. The molecule has 2 heterocycles. The Labute approximate surface area is 243 Å². The van der Waals surface area contributed by atoms with Crippen LogP contribution in [-0.2, 0) is 4.79 Å². The third-order valence-corrected chi connectivity index (χ3v) is 6.33. The van der Waals surface area contributed by atoms with Crippen LogP contribution >= 0.6 is 11.8 Å². The summed E-state index contributed by atoms with van der Waals surface area (Å²) >= 11 is 1.67. The van der Waals surface area contributed by atoms with Crippen molar-refractivity contribution in [2.75, 3.05) is 6.54 Å². The Balaban J connectivity index is 0.000000235. The molecule has 1 aliphatic heterocycles. The molecule has 1 aliphatic rings. The summed E-state index contributed by atoms with van der Waals surface area (Å²) in [6.45, 7) is 12.5. The van der Waals surface area contributed by atoms with E-state index in [4.69, 9.17) is 0 Å². The van der Waals surface area contributed by atoms with Crippen molar-refractivity contribution in [2.24, 2.45) is 0 Å². The molecule has 1 saturated heterocycles. The monoisotopic (exact) mass is 483 g/mol. The van der Waals surface area contributed by atoms with E-state index < -0.39 is 0 Å². The van der Waals surface area contributed by atoms with Gasteiger partial charge in [-0.15, -0.1) is 12.1 Å². The number of aromatic amines is 1. The van der Waals surface area contributed by atoms with Crippen LogP contribution in [0.3, 0.4) is 0 Å². The number of rotatable bonds is 5. The fourth-order valence-corrected chi connectivity index (χ4v) is 4.36. The summed E-state index contributed by atoms with van der Waals surface area (Å²) in [6.07, 6.45) is 3.52. The number of para-hydroxylation sites is 1. The molecule has 0 aliphatic carbocycles. The zero-order valence-corrected chi connectivity index (χ0v) is 23.5. The number of likely N-dealkylation sites (tertiary alicyclic amines) is 1. The fourth-order valence-electron chi connectivity index (χ4n) is 3.69. The smallest absolute Gasteiger partial charge is 0.540 e. The van der Waals surface area contributed by atoms with Crippen molar-refractivity contribution in [3.05, 3.63) is 95.9 Å². The van der Waals surface area contributed by atoms with Gasteiger partial charge in [-0.05, 0) is 43.4 Å². The molecule has 0 saturated carbocycles. The van der Waals surface area contributed by atoms with Crippen LogP contribution in [0.25, 0.3) is 15.8 Å². The minimum absolute atomic E-state index is 0. The summed E-state index contributed by atoms with van der Waals surface area (Å²) in [5.41, 5.74) is 5.07. The molecule has 1 atom stereocenters. The zero-order chi connectivity index (χ0) is 23.1. The molecule has 1 unspecified atom stereocenters. The van der Waals surface area contributed by atoms with Gasteiger partial charge in [0.2, 0.25) is 0 Å². The number of benzene rings is 2. The number of hydrogen-bond donors (Lipinski definition) is 1. The number of nitrogens with one attached hydrogen (secondary N) is 1. The summed E-state index contributed by atoms with van der Waals surface area (Å²) in [5, 5.41) is 2.87. The Kier molecular flexibility index (Phi) is 11.2. The van der Waals surface area contributed by atoms with Crippen molar-refractivity contribution >= 4 is 39.8 Å². The van der Waals surface area contributed by atoms with Crippen molar-refractivity contribution < 1.29 is 61.0 Å². The van der Waals surface area contributed by atoms with Crippen LogP contribution in [-0.4, -0.2) is 34.7 Å². The fraction of sp³-hybridized carbons (Fsp3) is 0.222. The summed E-state index contributed by atoms with van der Waals surface area (Å²) in [4.78, 5) is 29.1. The van der Waals surface area contributed by atoms with Crippen LogP contribution < -0.4 is 51.4 Å². The summed E-state index contributed by atoms with van der Waals surface area (Å²) in [5.74, 6) is -0.114. The molecule has 0 bridgehead atoms. The number of carbonyl (C=O) groups excluding carboxylic acids is 2. The van der Waals surface area contributed by atoms with Crippen LogP contribution in [0.15, 0.2) is 72.2 Å². The standard InChI is InChI=1S/C14H13N2O2.C13H15S.K/c17-9-11-5-3-7-16(11)14(18)13-8-10-4-1-2-6-12(10)15-13;1-5-14-13(10(2)3)12-8-6-11(4)7-9-12;/h1-2,4,6,8,11,15H,3,5,7H2;5-9H,1,4H2,2-3H3;/q2*-1;+1. The third kappa shape index (κ3) is 7.22. The quantitative estimate of drug-likeness (QED) is 0.447. The minimum Gasteiger partial charge on any atom is -0.540 e. The van der Waals surface area contributed by atoms with Gasteiger partial charge in [0.1, 0.15) is 5.69 Å². The van der Waals surface area contributed by atoms with Crippen molar-refractivity contribution in [3.8, 4) is 0 Å². The van der Waals surface area contributed by atoms with Crippen molar-refractivity contribution in [3.63, 3.8) is 0 Å². The molecule has 1 amide bonds. The summed E-state index contributed by atoms with van der Waals surface area (Å²) < 4.78 is 0. The SMILES string of the molecule is C=CSC(=C(C)C)c1ccc([CH2-])cc1.O=[C-]C1CCCN1C(=O)c1cc2ccccc2[nH]1.[K+]. The average Bonchev–Trinajstić information content (AvgIpc) is 3.45. The van der Waals surface area contributed by atoms with E-state index in [-0.39, 0.29) is 63.3 Å². The predicted molar refractivity (Wildman–Crippen MR) is 135 cm³/mol. The molecule has 0 radical (unpaired) electrons.